The number of ether oxygens (including phenoxy) is 2. The minimum absolute atomic E-state index is 0.0132. The molecule has 0 radical (unpaired) electrons. The summed E-state index contributed by atoms with van der Waals surface area (Å²) in [6.07, 6.45) is 8.07. The zero-order chi connectivity index (χ0) is 20.3. The van der Waals surface area contributed by atoms with Gasteiger partial charge in [0.05, 0.1) is 12.2 Å². The molecule has 3 heteroatoms. The van der Waals surface area contributed by atoms with Gasteiger partial charge in [-0.15, -0.1) is 0 Å². The Morgan fingerprint density at radius 2 is 1.69 bits per heavy atom. The van der Waals surface area contributed by atoms with E-state index in [-0.39, 0.29) is 11.5 Å². The average molecular weight is 393 g/mol. The lowest BCUT2D eigenvalue weighted by molar-refractivity contribution is -0.120. The molecule has 4 rings (SSSR count). The first-order chi connectivity index (χ1) is 14.0. The van der Waals surface area contributed by atoms with Crippen LogP contribution in [0.3, 0.4) is 0 Å². The van der Waals surface area contributed by atoms with Crippen LogP contribution in [0.15, 0.2) is 54.6 Å². The Kier molecular flexibility index (Phi) is 5.78. The lowest BCUT2D eigenvalue weighted by Gasteiger charge is -2.28. The summed E-state index contributed by atoms with van der Waals surface area (Å²) in [4.78, 5) is 11.6. The molecular weight excluding hydrogens is 360 g/mol. The van der Waals surface area contributed by atoms with Crippen molar-refractivity contribution in [1.29, 1.82) is 0 Å². The molecule has 0 N–H and O–H groups in total. The first-order valence-electron chi connectivity index (χ1n) is 10.9. The number of carbonyl (C=O) groups is 1. The summed E-state index contributed by atoms with van der Waals surface area (Å²) in [5, 5.41) is 0. The number of hydrogen-bond acceptors (Lipinski definition) is 3. The van der Waals surface area contributed by atoms with Gasteiger partial charge in [0.25, 0.3) is 0 Å². The normalized spacial score (nSPS) is 26.4. The topological polar surface area (TPSA) is 35.5 Å². The van der Waals surface area contributed by atoms with Crippen LogP contribution in [0.2, 0.25) is 0 Å². The molecule has 2 aliphatic rings. The van der Waals surface area contributed by atoms with Crippen LogP contribution < -0.4 is 4.74 Å². The van der Waals surface area contributed by atoms with Crippen molar-refractivity contribution in [3.8, 4) is 11.5 Å². The molecule has 3 nitrogen and oxygen atoms in total. The van der Waals surface area contributed by atoms with Gasteiger partial charge >= 0.3 is 0 Å². The van der Waals surface area contributed by atoms with E-state index in [0.717, 1.165) is 49.2 Å². The van der Waals surface area contributed by atoms with Crippen LogP contribution in [-0.2, 0) is 16.1 Å². The Morgan fingerprint density at radius 3 is 2.41 bits per heavy atom. The summed E-state index contributed by atoms with van der Waals surface area (Å²) in [7, 11) is 0. The summed E-state index contributed by atoms with van der Waals surface area (Å²) in [6.45, 7) is 4.37. The second-order valence-corrected chi connectivity index (χ2v) is 9.22. The summed E-state index contributed by atoms with van der Waals surface area (Å²) in [5.41, 5.74) is 1.50. The van der Waals surface area contributed by atoms with Gasteiger partial charge in [0, 0.05) is 11.5 Å². The molecule has 2 aliphatic carbocycles. The Balaban J connectivity index is 1.37. The fraction of sp³-hybridized carbons (Fsp3) is 0.500. The van der Waals surface area contributed by atoms with Gasteiger partial charge in [0.1, 0.15) is 17.3 Å². The van der Waals surface area contributed by atoms with Gasteiger partial charge in [-0.3, -0.25) is 4.79 Å². The van der Waals surface area contributed by atoms with Gasteiger partial charge < -0.3 is 9.47 Å². The standard InChI is InChI=1S/C26H32O3/c1-20(21(2)27)12-13-25-14-16-26(19-25,17-15-25)28-18-22-8-6-7-11-24(22)29-23-9-4-3-5-10-23/h3-11,20H,12-19H2,1-2H3. The molecule has 0 amide bonds. The first-order valence-corrected chi connectivity index (χ1v) is 10.9. The van der Waals surface area contributed by atoms with Crippen LogP contribution in [0.25, 0.3) is 0 Å². The third kappa shape index (κ3) is 4.56. The Bertz CT molecular complexity index is 834. The molecule has 0 heterocycles. The number of fused-ring (bicyclic) bond motifs is 2. The van der Waals surface area contributed by atoms with Crippen molar-refractivity contribution in [1.82, 2.24) is 0 Å². The third-order valence-corrected chi connectivity index (χ3v) is 7.20. The van der Waals surface area contributed by atoms with Gasteiger partial charge in [-0.2, -0.15) is 0 Å². The van der Waals surface area contributed by atoms with Crippen LogP contribution in [0.5, 0.6) is 11.5 Å². The summed E-state index contributed by atoms with van der Waals surface area (Å²) >= 11 is 0. The lowest BCUT2D eigenvalue weighted by atomic mass is 9.78. The van der Waals surface area contributed by atoms with Crippen LogP contribution in [0.4, 0.5) is 0 Å². The quantitative estimate of drug-likeness (QED) is 0.476. The molecule has 2 bridgehead atoms. The van der Waals surface area contributed by atoms with Gasteiger partial charge in [-0.25, -0.2) is 0 Å². The van der Waals surface area contributed by atoms with Gasteiger partial charge in [0.2, 0.25) is 0 Å². The van der Waals surface area contributed by atoms with Gasteiger partial charge in [-0.05, 0) is 75.5 Å². The second kappa shape index (κ2) is 8.31. The SMILES string of the molecule is CC(=O)C(C)CCC12CCC(OCc3ccccc3Oc3ccccc3)(CC1)C2. The maximum Gasteiger partial charge on any atom is 0.132 e. The minimum Gasteiger partial charge on any atom is -0.457 e. The molecule has 29 heavy (non-hydrogen) atoms. The number of carbonyl (C=O) groups excluding carboxylic acids is 1. The predicted molar refractivity (Wildman–Crippen MR) is 115 cm³/mol. The van der Waals surface area contributed by atoms with Crippen molar-refractivity contribution in [3.63, 3.8) is 0 Å². The Labute approximate surface area is 174 Å². The van der Waals surface area contributed by atoms with E-state index in [1.807, 2.05) is 48.5 Å². The predicted octanol–water partition coefficient (Wildman–Crippen LogP) is 6.70. The number of Topliss-reactive ketones (excluding diaryl/α,β-unsaturated/α-hetero) is 1. The second-order valence-electron chi connectivity index (χ2n) is 9.22. The van der Waals surface area contributed by atoms with Crippen molar-refractivity contribution in [2.45, 2.75) is 71.0 Å². The highest BCUT2D eigenvalue weighted by molar-refractivity contribution is 5.77. The van der Waals surface area contributed by atoms with Crippen molar-refractivity contribution in [2.24, 2.45) is 11.3 Å². The van der Waals surface area contributed by atoms with Crippen LogP contribution in [0, 0.1) is 11.3 Å². The highest BCUT2D eigenvalue weighted by Crippen LogP contribution is 2.60. The smallest absolute Gasteiger partial charge is 0.132 e. The van der Waals surface area contributed by atoms with Gasteiger partial charge in [0.15, 0.2) is 0 Å². The highest BCUT2D eigenvalue weighted by Gasteiger charge is 2.54. The van der Waals surface area contributed by atoms with E-state index >= 15 is 0 Å². The van der Waals surface area contributed by atoms with Crippen LogP contribution in [-0.4, -0.2) is 11.4 Å². The number of ketones is 1. The van der Waals surface area contributed by atoms with Crippen molar-refractivity contribution in [2.75, 3.05) is 0 Å². The Morgan fingerprint density at radius 1 is 1.00 bits per heavy atom. The number of benzene rings is 2. The van der Waals surface area contributed by atoms with Gasteiger partial charge in [-0.1, -0.05) is 43.3 Å². The zero-order valence-corrected chi connectivity index (χ0v) is 17.7. The van der Waals surface area contributed by atoms with E-state index in [9.17, 15) is 4.79 Å². The summed E-state index contributed by atoms with van der Waals surface area (Å²) in [6, 6.07) is 18.1. The highest BCUT2D eigenvalue weighted by atomic mass is 16.5. The molecule has 2 fully saturated rings. The molecule has 2 aromatic carbocycles. The van der Waals surface area contributed by atoms with E-state index in [4.69, 9.17) is 9.47 Å². The minimum atomic E-state index is 0.0132. The fourth-order valence-electron chi connectivity index (χ4n) is 5.10. The maximum absolute atomic E-state index is 11.6. The molecule has 0 spiro atoms. The molecule has 1 unspecified atom stereocenters. The molecular formula is C26H32O3. The number of hydrogen-bond donors (Lipinski definition) is 0. The molecule has 0 saturated heterocycles. The Hall–Kier alpha value is -2.13. The van der Waals surface area contributed by atoms with Crippen LogP contribution >= 0.6 is 0 Å². The third-order valence-electron chi connectivity index (χ3n) is 7.20. The maximum atomic E-state index is 11.6. The number of rotatable bonds is 9. The van der Waals surface area contributed by atoms with E-state index in [2.05, 4.69) is 13.0 Å². The molecule has 2 saturated carbocycles. The molecule has 2 aromatic rings. The fourth-order valence-corrected chi connectivity index (χ4v) is 5.10. The molecule has 0 aliphatic heterocycles. The van der Waals surface area contributed by atoms with E-state index in [1.165, 1.54) is 12.8 Å². The summed E-state index contributed by atoms with van der Waals surface area (Å²) in [5.74, 6) is 2.21. The first kappa shape index (κ1) is 20.2. The average Bonchev–Trinajstić information content (AvgIpc) is 3.29. The monoisotopic (exact) mass is 392 g/mol. The summed E-state index contributed by atoms with van der Waals surface area (Å²) < 4.78 is 12.7. The zero-order valence-electron chi connectivity index (χ0n) is 17.7. The van der Waals surface area contributed by atoms with Crippen molar-refractivity contribution in [3.05, 3.63) is 60.2 Å². The molecule has 154 valence electrons. The lowest BCUT2D eigenvalue weighted by Crippen LogP contribution is -2.26. The van der Waals surface area contributed by atoms with E-state index < -0.39 is 0 Å². The van der Waals surface area contributed by atoms with Crippen molar-refractivity contribution >= 4 is 5.78 Å². The van der Waals surface area contributed by atoms with Crippen LogP contribution in [0.1, 0.15) is 64.4 Å². The van der Waals surface area contributed by atoms with E-state index in [0.29, 0.717) is 17.8 Å². The van der Waals surface area contributed by atoms with E-state index in [1.54, 1.807) is 6.92 Å². The van der Waals surface area contributed by atoms with Crippen molar-refractivity contribution < 1.29 is 14.3 Å². The number of para-hydroxylation sites is 2. The largest absolute Gasteiger partial charge is 0.457 e. The molecule has 0 aromatic heterocycles. The molecule has 1 atom stereocenters.